The topological polar surface area (TPSA) is 91.5 Å². The number of nitrogens with two attached hydrogens (primary N) is 1. The molecule has 0 aliphatic carbocycles. The Morgan fingerprint density at radius 2 is 2.45 bits per heavy atom. The van der Waals surface area contributed by atoms with Gasteiger partial charge in [0.1, 0.15) is 4.88 Å². The molecule has 2 rings (SSSR count). The Balaban J connectivity index is 1.67. The van der Waals surface area contributed by atoms with Gasteiger partial charge in [-0.2, -0.15) is 0 Å². The van der Waals surface area contributed by atoms with E-state index in [1.54, 1.807) is 0 Å². The Kier molecular flexibility index (Phi) is 5.75. The number of rotatable bonds is 6. The second kappa shape index (κ2) is 7.56. The Morgan fingerprint density at radius 3 is 3.15 bits per heavy atom. The van der Waals surface area contributed by atoms with Crippen LogP contribution in [0.4, 0.5) is 5.13 Å². The molecule has 6 nitrogen and oxygen atoms in total. The van der Waals surface area contributed by atoms with E-state index in [1.807, 2.05) is 0 Å². The number of hydrogen-bond donors (Lipinski definition) is 3. The van der Waals surface area contributed by atoms with Crippen molar-refractivity contribution in [3.63, 3.8) is 0 Å². The van der Waals surface area contributed by atoms with E-state index in [-0.39, 0.29) is 12.5 Å². The molecule has 112 valence electrons. The summed E-state index contributed by atoms with van der Waals surface area (Å²) in [5, 5.41) is 12.6. The van der Waals surface area contributed by atoms with Gasteiger partial charge in [0, 0.05) is 19.1 Å². The van der Waals surface area contributed by atoms with Crippen molar-refractivity contribution < 1.29 is 9.90 Å². The van der Waals surface area contributed by atoms with Crippen LogP contribution in [-0.4, -0.2) is 53.2 Å². The van der Waals surface area contributed by atoms with Crippen molar-refractivity contribution >= 4 is 22.4 Å². The van der Waals surface area contributed by atoms with Crippen molar-refractivity contribution in [2.24, 2.45) is 0 Å². The van der Waals surface area contributed by atoms with Crippen LogP contribution in [0.15, 0.2) is 6.20 Å². The Bertz CT molecular complexity index is 438. The number of carbonyl (C=O) groups is 1. The van der Waals surface area contributed by atoms with E-state index in [2.05, 4.69) is 15.2 Å². The highest BCUT2D eigenvalue weighted by molar-refractivity contribution is 7.17. The lowest BCUT2D eigenvalue weighted by Gasteiger charge is -2.34. The molecule has 1 saturated heterocycles. The fourth-order valence-corrected chi connectivity index (χ4v) is 3.13. The smallest absolute Gasteiger partial charge is 0.263 e. The summed E-state index contributed by atoms with van der Waals surface area (Å²) in [5.74, 6) is -0.114. The van der Waals surface area contributed by atoms with Crippen LogP contribution in [0.1, 0.15) is 35.4 Å². The zero-order valence-electron chi connectivity index (χ0n) is 11.5. The molecule has 1 amide bonds. The number of nitrogen functional groups attached to an aromatic ring is 1. The minimum absolute atomic E-state index is 0.114. The second-order valence-corrected chi connectivity index (χ2v) is 6.10. The number of nitrogens with zero attached hydrogens (tertiary/aromatic N) is 2. The molecular formula is C13H22N4O2S. The molecule has 20 heavy (non-hydrogen) atoms. The molecule has 1 aliphatic rings. The Hall–Kier alpha value is -1.18. The first-order chi connectivity index (χ1) is 9.70. The van der Waals surface area contributed by atoms with Crippen LogP contribution in [0.5, 0.6) is 0 Å². The van der Waals surface area contributed by atoms with E-state index in [9.17, 15) is 9.90 Å². The Morgan fingerprint density at radius 1 is 1.60 bits per heavy atom. The monoisotopic (exact) mass is 298 g/mol. The van der Waals surface area contributed by atoms with Gasteiger partial charge in [0.2, 0.25) is 0 Å². The maximum absolute atomic E-state index is 11.8. The molecule has 4 N–H and O–H groups in total. The van der Waals surface area contributed by atoms with E-state index in [1.165, 1.54) is 30.4 Å². The lowest BCUT2D eigenvalue weighted by molar-refractivity contribution is 0.0869. The molecule has 7 heteroatoms. The number of likely N-dealkylation sites (tertiary alicyclic amines) is 1. The minimum Gasteiger partial charge on any atom is -0.395 e. The molecular weight excluding hydrogens is 276 g/mol. The Labute approximate surface area is 123 Å². The molecule has 0 unspecified atom stereocenters. The van der Waals surface area contributed by atoms with Crippen LogP contribution in [-0.2, 0) is 0 Å². The molecule has 0 spiro atoms. The van der Waals surface area contributed by atoms with E-state index >= 15 is 0 Å². The predicted octanol–water partition coefficient (Wildman–Crippen LogP) is 0.692. The third-order valence-electron chi connectivity index (χ3n) is 3.61. The van der Waals surface area contributed by atoms with Crippen molar-refractivity contribution in [2.75, 3.05) is 32.0 Å². The lowest BCUT2D eigenvalue weighted by Crippen LogP contribution is -2.43. The molecule has 0 bridgehead atoms. The van der Waals surface area contributed by atoms with E-state index in [0.29, 0.717) is 22.6 Å². The van der Waals surface area contributed by atoms with E-state index in [4.69, 9.17) is 5.73 Å². The number of aliphatic hydroxyl groups excluding tert-OH is 1. The van der Waals surface area contributed by atoms with Gasteiger partial charge < -0.3 is 16.2 Å². The average Bonchev–Trinajstić information content (AvgIpc) is 2.90. The van der Waals surface area contributed by atoms with Crippen LogP contribution < -0.4 is 11.1 Å². The first-order valence-electron chi connectivity index (χ1n) is 7.05. The minimum atomic E-state index is -0.114. The van der Waals surface area contributed by atoms with Crippen LogP contribution in [0, 0.1) is 0 Å². The van der Waals surface area contributed by atoms with Crippen molar-refractivity contribution in [1.29, 1.82) is 0 Å². The number of thiazole rings is 1. The highest BCUT2D eigenvalue weighted by atomic mass is 32.1. The van der Waals surface area contributed by atoms with Crippen molar-refractivity contribution in [2.45, 2.75) is 31.7 Å². The van der Waals surface area contributed by atoms with Crippen LogP contribution >= 0.6 is 11.3 Å². The van der Waals surface area contributed by atoms with Gasteiger partial charge in [-0.15, -0.1) is 0 Å². The van der Waals surface area contributed by atoms with Gasteiger partial charge in [-0.25, -0.2) is 4.98 Å². The normalized spacial score (nSPS) is 19.9. The third-order valence-corrected chi connectivity index (χ3v) is 4.44. The summed E-state index contributed by atoms with van der Waals surface area (Å²) in [7, 11) is 0. The molecule has 0 radical (unpaired) electrons. The number of amides is 1. The standard InChI is InChI=1S/C13H22N4O2S/c14-13-16-8-11(20-13)12(19)15-5-3-7-17-6-2-1-4-10(17)9-18/h8,10,18H,1-7,9H2,(H2,14,16)(H,15,19)/t10-/m0/s1. The molecule has 1 aromatic rings. The maximum Gasteiger partial charge on any atom is 0.263 e. The van der Waals surface area contributed by atoms with Crippen molar-refractivity contribution in [3.05, 3.63) is 11.1 Å². The van der Waals surface area contributed by atoms with E-state index < -0.39 is 0 Å². The fourth-order valence-electron chi connectivity index (χ4n) is 2.52. The summed E-state index contributed by atoms with van der Waals surface area (Å²) in [6.07, 6.45) is 5.86. The molecule has 0 saturated carbocycles. The first kappa shape index (κ1) is 15.2. The number of aliphatic hydroxyl groups is 1. The van der Waals surface area contributed by atoms with Gasteiger partial charge in [0.15, 0.2) is 5.13 Å². The fraction of sp³-hybridized carbons (Fsp3) is 0.692. The number of carbonyl (C=O) groups excluding carboxylic acids is 1. The van der Waals surface area contributed by atoms with Crippen LogP contribution in [0.3, 0.4) is 0 Å². The van der Waals surface area contributed by atoms with Crippen LogP contribution in [0.2, 0.25) is 0 Å². The molecule has 0 aromatic carbocycles. The zero-order valence-corrected chi connectivity index (χ0v) is 12.4. The van der Waals surface area contributed by atoms with Gasteiger partial charge in [-0.3, -0.25) is 9.69 Å². The number of piperidine rings is 1. The summed E-state index contributed by atoms with van der Waals surface area (Å²) in [6.45, 7) is 2.82. The highest BCUT2D eigenvalue weighted by Gasteiger charge is 2.20. The quantitative estimate of drug-likeness (QED) is 0.672. The van der Waals surface area contributed by atoms with Gasteiger partial charge >= 0.3 is 0 Å². The maximum atomic E-state index is 11.8. The van der Waals surface area contributed by atoms with Crippen LogP contribution in [0.25, 0.3) is 0 Å². The predicted molar refractivity (Wildman–Crippen MR) is 79.8 cm³/mol. The molecule has 1 atom stereocenters. The van der Waals surface area contributed by atoms with Gasteiger partial charge in [-0.05, 0) is 25.8 Å². The van der Waals surface area contributed by atoms with Gasteiger partial charge in [0.05, 0.1) is 12.8 Å². The zero-order chi connectivity index (χ0) is 14.4. The summed E-state index contributed by atoms with van der Waals surface area (Å²) in [5.41, 5.74) is 5.50. The average molecular weight is 298 g/mol. The van der Waals surface area contributed by atoms with Crippen molar-refractivity contribution in [1.82, 2.24) is 15.2 Å². The number of hydrogen-bond acceptors (Lipinski definition) is 6. The van der Waals surface area contributed by atoms with Gasteiger partial charge in [-0.1, -0.05) is 17.8 Å². The largest absolute Gasteiger partial charge is 0.395 e. The summed E-state index contributed by atoms with van der Waals surface area (Å²) in [6, 6.07) is 0.292. The second-order valence-electron chi connectivity index (χ2n) is 5.04. The summed E-state index contributed by atoms with van der Waals surface area (Å²) >= 11 is 1.20. The van der Waals surface area contributed by atoms with E-state index in [0.717, 1.165) is 25.9 Å². The lowest BCUT2D eigenvalue weighted by atomic mass is 10.0. The molecule has 2 heterocycles. The molecule has 1 fully saturated rings. The van der Waals surface area contributed by atoms with Crippen molar-refractivity contribution in [3.8, 4) is 0 Å². The third kappa shape index (κ3) is 4.16. The summed E-state index contributed by atoms with van der Waals surface area (Å²) < 4.78 is 0. The highest BCUT2D eigenvalue weighted by Crippen LogP contribution is 2.16. The number of nitrogens with one attached hydrogen (secondary N) is 1. The number of anilines is 1. The summed E-state index contributed by atoms with van der Waals surface area (Å²) in [4.78, 5) is 18.5. The molecule has 1 aromatic heterocycles. The van der Waals surface area contributed by atoms with Gasteiger partial charge in [0.25, 0.3) is 5.91 Å². The SMILES string of the molecule is Nc1ncc(C(=O)NCCCN2CCCC[C@H]2CO)s1. The molecule has 1 aliphatic heterocycles. The first-order valence-corrected chi connectivity index (χ1v) is 7.86. The number of aromatic nitrogens is 1.